The predicted octanol–water partition coefficient (Wildman–Crippen LogP) is 2.24. The molecule has 8 atom stereocenters. The van der Waals surface area contributed by atoms with Crippen LogP contribution in [-0.4, -0.2) is 37.4 Å². The quantitative estimate of drug-likeness (QED) is 0.383. The first kappa shape index (κ1) is 14.9. The van der Waals surface area contributed by atoms with Crippen molar-refractivity contribution < 1.29 is 23.8 Å². The number of hydrogen-bond acceptors (Lipinski definition) is 5. The molecule has 5 heteroatoms. The number of esters is 1. The third kappa shape index (κ3) is 1.37. The summed E-state index contributed by atoms with van der Waals surface area (Å²) in [6.07, 6.45) is 3.93. The molecule has 5 nitrogen and oxygen atoms in total. The third-order valence-corrected chi connectivity index (χ3v) is 8.67. The molecule has 3 heterocycles. The average molecular weight is 344 g/mol. The van der Waals surface area contributed by atoms with Crippen LogP contribution in [0.3, 0.4) is 0 Å². The summed E-state index contributed by atoms with van der Waals surface area (Å²) in [5.41, 5.74) is -0.577. The molecule has 6 rings (SSSR count). The highest BCUT2D eigenvalue weighted by Crippen LogP contribution is 2.72. The lowest BCUT2D eigenvalue weighted by Crippen LogP contribution is -2.67. The van der Waals surface area contributed by atoms with Crippen LogP contribution < -0.4 is 0 Å². The number of allylic oxidation sites excluding steroid dienone is 1. The van der Waals surface area contributed by atoms with E-state index in [4.69, 9.17) is 14.2 Å². The van der Waals surface area contributed by atoms with Crippen molar-refractivity contribution >= 4 is 11.8 Å². The summed E-state index contributed by atoms with van der Waals surface area (Å²) in [4.78, 5) is 26.3. The van der Waals surface area contributed by atoms with Crippen LogP contribution in [0.2, 0.25) is 0 Å². The molecular formula is C20H24O5. The van der Waals surface area contributed by atoms with Crippen LogP contribution in [0.15, 0.2) is 12.2 Å². The molecule has 3 saturated heterocycles. The highest BCUT2D eigenvalue weighted by Gasteiger charge is 2.79. The molecular weight excluding hydrogens is 320 g/mol. The molecule has 3 aliphatic carbocycles. The van der Waals surface area contributed by atoms with E-state index in [2.05, 4.69) is 13.5 Å². The molecule has 2 bridgehead atoms. The van der Waals surface area contributed by atoms with E-state index in [-0.39, 0.29) is 52.7 Å². The maximum Gasteiger partial charge on any atom is 0.320 e. The molecule has 2 spiro atoms. The van der Waals surface area contributed by atoms with Gasteiger partial charge in [0.2, 0.25) is 0 Å². The Bertz CT molecular complexity index is 730. The number of Topliss-reactive ketones (excluding diaryl/α,β-unsaturated/α-hetero) is 1. The topological polar surface area (TPSA) is 61.8 Å². The van der Waals surface area contributed by atoms with Crippen molar-refractivity contribution in [2.75, 3.05) is 13.2 Å². The van der Waals surface area contributed by atoms with Gasteiger partial charge >= 0.3 is 5.97 Å². The Morgan fingerprint density at radius 1 is 1.12 bits per heavy atom. The normalized spacial score (nSPS) is 58.6. The fourth-order valence-corrected chi connectivity index (χ4v) is 7.66. The lowest BCUT2D eigenvalue weighted by atomic mass is 9.44. The highest BCUT2D eigenvalue weighted by molar-refractivity contribution is 6.15. The van der Waals surface area contributed by atoms with E-state index < -0.39 is 5.41 Å². The predicted molar refractivity (Wildman–Crippen MR) is 86.2 cm³/mol. The average Bonchev–Trinajstić information content (AvgIpc) is 3.22. The number of carbonyl (C=O) groups is 2. The number of hydrogen-bond donors (Lipinski definition) is 0. The van der Waals surface area contributed by atoms with E-state index >= 15 is 0 Å². The molecule has 0 aromatic heterocycles. The zero-order valence-electron chi connectivity index (χ0n) is 14.6. The minimum atomic E-state index is -1.00. The van der Waals surface area contributed by atoms with Crippen molar-refractivity contribution in [3.63, 3.8) is 0 Å². The van der Waals surface area contributed by atoms with Gasteiger partial charge in [-0.25, -0.2) is 0 Å². The van der Waals surface area contributed by atoms with Gasteiger partial charge in [0.15, 0.2) is 12.1 Å². The monoisotopic (exact) mass is 344 g/mol. The van der Waals surface area contributed by atoms with Gasteiger partial charge in [0.05, 0.1) is 13.2 Å². The lowest BCUT2D eigenvalue weighted by molar-refractivity contribution is -0.230. The minimum Gasteiger partial charge on any atom is -0.461 e. The molecule has 0 amide bonds. The lowest BCUT2D eigenvalue weighted by Gasteiger charge is -2.60. The molecule has 3 aliphatic heterocycles. The number of rotatable bonds is 0. The minimum absolute atomic E-state index is 0.00516. The zero-order chi connectivity index (χ0) is 17.2. The third-order valence-electron chi connectivity index (χ3n) is 8.67. The fraction of sp³-hybridized carbons (Fsp3) is 0.800. The van der Waals surface area contributed by atoms with Gasteiger partial charge in [0.1, 0.15) is 11.5 Å². The summed E-state index contributed by atoms with van der Waals surface area (Å²) in [5, 5.41) is 0. The summed E-state index contributed by atoms with van der Waals surface area (Å²) in [6, 6.07) is 0. The van der Waals surface area contributed by atoms with E-state index in [0.29, 0.717) is 25.2 Å². The second-order valence-corrected chi connectivity index (χ2v) is 9.52. The van der Waals surface area contributed by atoms with Crippen molar-refractivity contribution in [2.45, 2.75) is 51.4 Å². The number of fused-ring (bicyclic) bond motifs is 1. The van der Waals surface area contributed by atoms with Gasteiger partial charge in [0.25, 0.3) is 0 Å². The summed E-state index contributed by atoms with van der Waals surface area (Å²) in [6.45, 7) is 7.56. The van der Waals surface area contributed by atoms with Crippen molar-refractivity contribution in [3.8, 4) is 0 Å². The molecule has 0 aromatic carbocycles. The van der Waals surface area contributed by atoms with Gasteiger partial charge < -0.3 is 14.2 Å². The number of ketones is 1. The Balaban J connectivity index is 1.57. The van der Waals surface area contributed by atoms with E-state index in [1.54, 1.807) is 0 Å². The second-order valence-electron chi connectivity index (χ2n) is 9.52. The molecule has 0 N–H and O–H groups in total. The van der Waals surface area contributed by atoms with Crippen LogP contribution in [0, 0.1) is 34.0 Å². The molecule has 0 aromatic rings. The standard InChI is InChI=1S/C20H24O5/c1-10-11-3-4-12-19(7-11,15(10)21)17(22)25-13-5-6-18(2)8-23-16-14(18)20(12,13)9-24-16/h11-14,16H,1,3-9H2,2H3/t11?,12?,13-,14?,16?,18?,19?,20?/m0/s1. The zero-order valence-corrected chi connectivity index (χ0v) is 14.6. The Labute approximate surface area is 147 Å². The van der Waals surface area contributed by atoms with Gasteiger partial charge in [-0.3, -0.25) is 9.59 Å². The summed E-state index contributed by atoms with van der Waals surface area (Å²) in [7, 11) is 0. The van der Waals surface area contributed by atoms with E-state index in [1.165, 1.54) is 0 Å². The second kappa shape index (κ2) is 4.20. The van der Waals surface area contributed by atoms with Crippen molar-refractivity contribution in [1.82, 2.24) is 0 Å². The maximum atomic E-state index is 13.2. The molecule has 7 unspecified atom stereocenters. The smallest absolute Gasteiger partial charge is 0.320 e. The number of carbonyl (C=O) groups excluding carboxylic acids is 2. The first-order chi connectivity index (χ1) is 11.9. The van der Waals surface area contributed by atoms with Crippen LogP contribution in [0.1, 0.15) is 39.0 Å². The van der Waals surface area contributed by atoms with Crippen LogP contribution in [0.5, 0.6) is 0 Å². The molecule has 3 saturated carbocycles. The molecule has 0 radical (unpaired) electrons. The molecule has 134 valence electrons. The van der Waals surface area contributed by atoms with Crippen molar-refractivity contribution in [2.24, 2.45) is 34.0 Å². The van der Waals surface area contributed by atoms with Crippen LogP contribution in [0.4, 0.5) is 0 Å². The Morgan fingerprint density at radius 3 is 2.76 bits per heavy atom. The molecule has 25 heavy (non-hydrogen) atoms. The first-order valence-corrected chi connectivity index (χ1v) is 9.61. The van der Waals surface area contributed by atoms with Gasteiger partial charge in [0, 0.05) is 11.3 Å². The molecule has 6 aliphatic rings. The van der Waals surface area contributed by atoms with E-state index in [9.17, 15) is 9.59 Å². The SMILES string of the molecule is C=C1C(=O)C23CC1CCC2C12COC4OCC(C)(CC[C@@H]1OC3=O)C42. The van der Waals surface area contributed by atoms with Gasteiger partial charge in [-0.1, -0.05) is 13.5 Å². The van der Waals surface area contributed by atoms with Gasteiger partial charge in [-0.15, -0.1) is 0 Å². The fourth-order valence-electron chi connectivity index (χ4n) is 7.66. The van der Waals surface area contributed by atoms with Crippen molar-refractivity contribution in [3.05, 3.63) is 12.2 Å². The summed E-state index contributed by atoms with van der Waals surface area (Å²) in [5.74, 6) is 0.0367. The van der Waals surface area contributed by atoms with Crippen LogP contribution in [-0.2, 0) is 23.8 Å². The van der Waals surface area contributed by atoms with Crippen LogP contribution >= 0.6 is 0 Å². The van der Waals surface area contributed by atoms with Crippen molar-refractivity contribution in [1.29, 1.82) is 0 Å². The highest BCUT2D eigenvalue weighted by atomic mass is 16.7. The summed E-state index contributed by atoms with van der Waals surface area (Å²) >= 11 is 0. The van der Waals surface area contributed by atoms with E-state index in [0.717, 1.165) is 25.7 Å². The Morgan fingerprint density at radius 2 is 1.92 bits per heavy atom. The largest absolute Gasteiger partial charge is 0.461 e. The Kier molecular flexibility index (Phi) is 2.51. The summed E-state index contributed by atoms with van der Waals surface area (Å²) < 4.78 is 18.2. The Hall–Kier alpha value is -1.20. The first-order valence-electron chi connectivity index (χ1n) is 9.61. The van der Waals surface area contributed by atoms with Crippen LogP contribution in [0.25, 0.3) is 0 Å². The van der Waals surface area contributed by atoms with Gasteiger partial charge in [-0.2, -0.15) is 0 Å². The van der Waals surface area contributed by atoms with Gasteiger partial charge in [-0.05, 0) is 54.9 Å². The number of ether oxygens (including phenoxy) is 3. The molecule has 6 fully saturated rings. The van der Waals surface area contributed by atoms with E-state index in [1.807, 2.05) is 0 Å². The maximum absolute atomic E-state index is 13.2.